The number of hydrazone groups is 1. The number of carbonyl (C=O) groups excluding carboxylic acids is 2. The third kappa shape index (κ3) is 6.37. The molecule has 214 valence electrons. The second kappa shape index (κ2) is 12.1. The minimum absolute atomic E-state index is 0.0280. The molecule has 2 aliphatic carbocycles. The Balaban J connectivity index is 0.000000255. The summed E-state index contributed by atoms with van der Waals surface area (Å²) in [5.74, 6) is -0.327. The number of fused-ring (bicyclic) bond motifs is 1. The van der Waals surface area contributed by atoms with Gasteiger partial charge in [0.15, 0.2) is 5.76 Å². The number of rotatable bonds is 6. The number of primary amides is 1. The number of carbonyl (C=O) groups is 2. The molecule has 2 saturated carbocycles. The summed E-state index contributed by atoms with van der Waals surface area (Å²) in [6, 6.07) is 1.68. The summed E-state index contributed by atoms with van der Waals surface area (Å²) in [4.78, 5) is 31.4. The molecular formula is C26H36N4O9. The molecule has 6 atom stereocenters. The van der Waals surface area contributed by atoms with Crippen LogP contribution in [-0.4, -0.2) is 63.9 Å². The smallest absolute Gasteiger partial charge is 0.433 e. The molecule has 1 aromatic heterocycles. The van der Waals surface area contributed by atoms with Crippen LogP contribution in [0.3, 0.4) is 0 Å². The molecule has 13 nitrogen and oxygen atoms in total. The summed E-state index contributed by atoms with van der Waals surface area (Å²) in [6.45, 7) is 8.50. The lowest BCUT2D eigenvalue weighted by atomic mass is 9.46. The van der Waals surface area contributed by atoms with E-state index in [9.17, 15) is 35.0 Å². The maximum absolute atomic E-state index is 11.8. The molecule has 1 saturated heterocycles. The Hall–Kier alpha value is -3.55. The molecule has 0 bridgehead atoms. The molecule has 1 aromatic rings. The fourth-order valence-electron chi connectivity index (χ4n) is 6.23. The Bertz CT molecular complexity index is 1160. The highest BCUT2D eigenvalue weighted by Gasteiger charge is 2.57. The van der Waals surface area contributed by atoms with Crippen LogP contribution in [-0.2, 0) is 9.53 Å². The number of aliphatic hydroxyl groups is 3. The molecule has 1 aliphatic heterocycles. The Labute approximate surface area is 225 Å². The van der Waals surface area contributed by atoms with Crippen LogP contribution in [0.4, 0.5) is 10.7 Å². The van der Waals surface area contributed by atoms with Gasteiger partial charge in [-0.2, -0.15) is 5.10 Å². The lowest BCUT2D eigenvalue weighted by Crippen LogP contribution is -2.57. The SMILES string of the molecule is C=C1CC[C@@H]2C(C)(CO)[C@H](O)CC[C@@]2(C)[C@@H]1C/C=C1/C(=O)OCC1O.NC(=O)N/N=C/c1ccc([N+](=O)[O-])o1. The predicted octanol–water partition coefficient (Wildman–Crippen LogP) is 2.15. The summed E-state index contributed by atoms with van der Waals surface area (Å²) >= 11 is 0. The number of hydrogen-bond donors (Lipinski definition) is 5. The van der Waals surface area contributed by atoms with Gasteiger partial charge in [0.1, 0.15) is 17.6 Å². The highest BCUT2D eigenvalue weighted by atomic mass is 16.6. The van der Waals surface area contributed by atoms with Crippen LogP contribution in [0.2, 0.25) is 0 Å². The summed E-state index contributed by atoms with van der Waals surface area (Å²) in [6.07, 6.45) is 5.51. The Morgan fingerprint density at radius 1 is 1.36 bits per heavy atom. The topological polar surface area (TPSA) is 211 Å². The van der Waals surface area contributed by atoms with Crippen LogP contribution in [0.5, 0.6) is 0 Å². The van der Waals surface area contributed by atoms with Crippen molar-refractivity contribution in [2.75, 3.05) is 13.2 Å². The number of urea groups is 1. The van der Waals surface area contributed by atoms with Crippen LogP contribution in [0.25, 0.3) is 0 Å². The molecule has 2 amide bonds. The number of nitrogens with zero attached hydrogens (tertiary/aromatic N) is 2. The van der Waals surface area contributed by atoms with Gasteiger partial charge in [-0.05, 0) is 55.4 Å². The number of aliphatic hydroxyl groups excluding tert-OH is 3. The molecule has 0 spiro atoms. The summed E-state index contributed by atoms with van der Waals surface area (Å²) in [5, 5.41) is 44.0. The normalized spacial score (nSPS) is 33.3. The van der Waals surface area contributed by atoms with Crippen LogP contribution in [0.15, 0.2) is 45.5 Å². The maximum Gasteiger partial charge on any atom is 0.433 e. The van der Waals surface area contributed by atoms with Crippen LogP contribution < -0.4 is 11.2 Å². The zero-order valence-corrected chi connectivity index (χ0v) is 22.0. The molecule has 6 N–H and O–H groups in total. The van der Waals surface area contributed by atoms with E-state index in [1.54, 1.807) is 0 Å². The van der Waals surface area contributed by atoms with Gasteiger partial charge in [-0.3, -0.25) is 10.1 Å². The third-order valence-electron chi connectivity index (χ3n) is 8.39. The second-order valence-corrected chi connectivity index (χ2v) is 10.7. The standard InChI is InChI=1S/C20H30O5.C6H6N4O4/c1-12-4-7-16-19(2,9-8-17(23)20(16,3)11-21)14(12)6-5-13-15(22)10-25-18(13)24;7-6(11)9-8-3-4-1-2-5(14-4)10(12)13/h5,14-17,21-23H,1,4,6-11H2,2-3H3;1-3H,(H3,7,9,11)/b13-5+;8-3+/t14-,15?,16+,17-,19+,20?;/m1./s1. The minimum Gasteiger partial charge on any atom is -0.459 e. The van der Waals surface area contributed by atoms with Gasteiger partial charge in [-0.1, -0.05) is 32.1 Å². The van der Waals surface area contributed by atoms with Gasteiger partial charge in [0, 0.05) is 5.41 Å². The Morgan fingerprint density at radius 3 is 2.64 bits per heavy atom. The first-order valence-corrected chi connectivity index (χ1v) is 12.7. The largest absolute Gasteiger partial charge is 0.459 e. The van der Waals surface area contributed by atoms with Crippen molar-refractivity contribution < 1.29 is 39.0 Å². The van der Waals surface area contributed by atoms with Crippen molar-refractivity contribution in [2.45, 2.75) is 58.2 Å². The zero-order chi connectivity index (χ0) is 29.0. The van der Waals surface area contributed by atoms with Crippen molar-refractivity contribution in [2.24, 2.45) is 33.5 Å². The van der Waals surface area contributed by atoms with E-state index >= 15 is 0 Å². The number of nitrogens with one attached hydrogen (secondary N) is 1. The molecule has 3 fully saturated rings. The van der Waals surface area contributed by atoms with Crippen molar-refractivity contribution in [3.05, 3.63) is 51.8 Å². The van der Waals surface area contributed by atoms with E-state index < -0.39 is 40.4 Å². The number of hydrogen-bond acceptors (Lipinski definition) is 10. The number of ether oxygens (including phenoxy) is 1. The molecule has 39 heavy (non-hydrogen) atoms. The lowest BCUT2D eigenvalue weighted by molar-refractivity contribution is -0.402. The molecular weight excluding hydrogens is 512 g/mol. The molecule has 0 radical (unpaired) electrons. The van der Waals surface area contributed by atoms with Gasteiger partial charge in [0.25, 0.3) is 0 Å². The second-order valence-electron chi connectivity index (χ2n) is 10.7. The number of amides is 2. The first-order chi connectivity index (χ1) is 18.3. The number of allylic oxidation sites excluding steroid dienone is 2. The van der Waals surface area contributed by atoms with Gasteiger partial charge < -0.3 is 30.2 Å². The first kappa shape index (κ1) is 30.0. The maximum atomic E-state index is 11.8. The van der Waals surface area contributed by atoms with E-state index in [-0.39, 0.29) is 36.2 Å². The monoisotopic (exact) mass is 548 g/mol. The third-order valence-corrected chi connectivity index (χ3v) is 8.39. The molecule has 0 aromatic carbocycles. The number of cyclic esters (lactones) is 1. The summed E-state index contributed by atoms with van der Waals surface area (Å²) < 4.78 is 9.58. The first-order valence-electron chi connectivity index (χ1n) is 12.7. The van der Waals surface area contributed by atoms with Gasteiger partial charge in [0.2, 0.25) is 0 Å². The van der Waals surface area contributed by atoms with Gasteiger partial charge >= 0.3 is 17.9 Å². The fourth-order valence-corrected chi connectivity index (χ4v) is 6.23. The van der Waals surface area contributed by atoms with Crippen molar-refractivity contribution >= 4 is 24.1 Å². The molecule has 2 heterocycles. The fraction of sp³-hybridized carbons (Fsp3) is 0.577. The van der Waals surface area contributed by atoms with Crippen molar-refractivity contribution in [3.63, 3.8) is 0 Å². The molecule has 2 unspecified atom stereocenters. The van der Waals surface area contributed by atoms with Crippen molar-refractivity contribution in [1.82, 2.24) is 5.43 Å². The van der Waals surface area contributed by atoms with Crippen LogP contribution >= 0.6 is 0 Å². The lowest BCUT2D eigenvalue weighted by Gasteiger charge is -2.59. The van der Waals surface area contributed by atoms with E-state index in [1.807, 2.05) is 18.4 Å². The molecule has 4 rings (SSSR count). The van der Waals surface area contributed by atoms with E-state index in [4.69, 9.17) is 10.5 Å². The van der Waals surface area contributed by atoms with E-state index in [1.165, 1.54) is 12.1 Å². The highest BCUT2D eigenvalue weighted by molar-refractivity contribution is 5.91. The number of esters is 1. The minimum atomic E-state index is -0.844. The Kier molecular flexibility index (Phi) is 9.30. The molecule has 3 aliphatic rings. The molecule has 13 heteroatoms. The number of nitrogens with two attached hydrogens (primary N) is 1. The van der Waals surface area contributed by atoms with E-state index in [2.05, 4.69) is 23.0 Å². The van der Waals surface area contributed by atoms with E-state index in [0.29, 0.717) is 18.4 Å². The Morgan fingerprint density at radius 2 is 2.08 bits per heavy atom. The zero-order valence-electron chi connectivity index (χ0n) is 22.0. The van der Waals surface area contributed by atoms with Gasteiger partial charge in [-0.15, -0.1) is 0 Å². The average molecular weight is 549 g/mol. The quantitative estimate of drug-likeness (QED) is 0.0879. The van der Waals surface area contributed by atoms with Crippen molar-refractivity contribution in [1.29, 1.82) is 0 Å². The number of furan rings is 1. The number of nitro groups is 1. The van der Waals surface area contributed by atoms with Crippen LogP contribution in [0, 0.1) is 32.8 Å². The van der Waals surface area contributed by atoms with Gasteiger partial charge in [-0.25, -0.2) is 15.0 Å². The van der Waals surface area contributed by atoms with Crippen LogP contribution in [0.1, 0.15) is 51.7 Å². The average Bonchev–Trinajstić information content (AvgIpc) is 3.48. The van der Waals surface area contributed by atoms with Crippen molar-refractivity contribution in [3.8, 4) is 0 Å². The van der Waals surface area contributed by atoms with E-state index in [0.717, 1.165) is 31.1 Å². The summed E-state index contributed by atoms with van der Waals surface area (Å²) in [7, 11) is 0. The van der Waals surface area contributed by atoms with Gasteiger partial charge in [0.05, 0.1) is 30.6 Å². The predicted molar refractivity (Wildman–Crippen MR) is 139 cm³/mol. The highest BCUT2D eigenvalue weighted by Crippen LogP contribution is 2.61. The summed E-state index contributed by atoms with van der Waals surface area (Å²) in [5.41, 5.74) is 7.53.